The van der Waals surface area contributed by atoms with E-state index in [0.29, 0.717) is 11.0 Å². The molecule has 1 aromatic carbocycles. The molecule has 0 aliphatic rings. The van der Waals surface area contributed by atoms with Crippen LogP contribution in [0, 0.1) is 0 Å². The van der Waals surface area contributed by atoms with Gasteiger partial charge in [-0.2, -0.15) is 0 Å². The molecule has 3 nitrogen and oxygen atoms in total. The molecular weight excluding hydrogens is 304 g/mol. The van der Waals surface area contributed by atoms with Gasteiger partial charge in [0.15, 0.2) is 0 Å². The number of pyridine rings is 1. The number of nitrogens with one attached hydrogen (secondary N) is 1. The molecule has 0 saturated carbocycles. The Morgan fingerprint density at radius 1 is 1.16 bits per heavy atom. The van der Waals surface area contributed by atoms with Crippen LogP contribution in [0.2, 0.25) is 0 Å². The molecule has 1 aromatic heterocycles. The number of hydrogen-bond acceptors (Lipinski definition) is 2. The third kappa shape index (κ3) is 4.17. The van der Waals surface area contributed by atoms with Gasteiger partial charge in [-0.1, -0.05) is 52.3 Å². The van der Waals surface area contributed by atoms with Crippen LogP contribution in [0.5, 0.6) is 0 Å². The van der Waals surface area contributed by atoms with Crippen LogP contribution in [0.3, 0.4) is 0 Å². The van der Waals surface area contributed by atoms with E-state index < -0.39 is 0 Å². The Bertz CT molecular complexity index is 516. The molecule has 0 aliphatic heterocycles. The number of carbonyl (C=O) groups is 1. The minimum absolute atomic E-state index is 0.0527. The highest BCUT2D eigenvalue weighted by Crippen LogP contribution is 2.06. The van der Waals surface area contributed by atoms with Crippen LogP contribution in [-0.4, -0.2) is 22.3 Å². The lowest BCUT2D eigenvalue weighted by molar-refractivity contribution is 0.0936. The fraction of sp³-hybridized carbons (Fsp3) is 0.200. The SMILES string of the molecule is O=C(NC(CBr)Cc1ccccc1)c1ccccn1. The number of alkyl halides is 1. The van der Waals surface area contributed by atoms with Crippen LogP contribution < -0.4 is 5.32 Å². The van der Waals surface area contributed by atoms with Gasteiger partial charge in [-0.15, -0.1) is 0 Å². The summed E-state index contributed by atoms with van der Waals surface area (Å²) in [6, 6.07) is 15.5. The summed E-state index contributed by atoms with van der Waals surface area (Å²) in [5, 5.41) is 3.69. The van der Waals surface area contributed by atoms with Crippen LogP contribution in [0.1, 0.15) is 16.1 Å². The van der Waals surface area contributed by atoms with Crippen molar-refractivity contribution in [1.29, 1.82) is 0 Å². The van der Waals surface area contributed by atoms with E-state index in [1.807, 2.05) is 24.3 Å². The van der Waals surface area contributed by atoms with Gasteiger partial charge in [0.1, 0.15) is 5.69 Å². The topological polar surface area (TPSA) is 42.0 Å². The average Bonchev–Trinajstić information content (AvgIpc) is 2.48. The predicted molar refractivity (Wildman–Crippen MR) is 79.4 cm³/mol. The predicted octanol–water partition coefficient (Wildman–Crippen LogP) is 2.82. The van der Waals surface area contributed by atoms with E-state index >= 15 is 0 Å². The largest absolute Gasteiger partial charge is 0.347 e. The number of amides is 1. The van der Waals surface area contributed by atoms with Gasteiger partial charge in [-0.25, -0.2) is 0 Å². The van der Waals surface area contributed by atoms with Crippen molar-refractivity contribution in [3.05, 3.63) is 66.0 Å². The molecule has 0 radical (unpaired) electrons. The van der Waals surface area contributed by atoms with Gasteiger partial charge in [-0.05, 0) is 24.1 Å². The molecule has 0 aliphatic carbocycles. The maximum absolute atomic E-state index is 12.0. The monoisotopic (exact) mass is 318 g/mol. The van der Waals surface area contributed by atoms with E-state index in [-0.39, 0.29) is 11.9 Å². The molecular formula is C15H15BrN2O. The normalized spacial score (nSPS) is 11.8. The van der Waals surface area contributed by atoms with Crippen molar-refractivity contribution in [2.45, 2.75) is 12.5 Å². The average molecular weight is 319 g/mol. The first-order chi connectivity index (χ1) is 9.29. The zero-order valence-electron chi connectivity index (χ0n) is 10.4. The van der Waals surface area contributed by atoms with Crippen LogP contribution in [-0.2, 0) is 6.42 Å². The molecule has 19 heavy (non-hydrogen) atoms. The third-order valence-electron chi connectivity index (χ3n) is 2.74. The summed E-state index contributed by atoms with van der Waals surface area (Å²) in [5.74, 6) is -0.138. The molecule has 0 saturated heterocycles. The molecule has 1 N–H and O–H groups in total. The smallest absolute Gasteiger partial charge is 0.270 e. The summed E-state index contributed by atoms with van der Waals surface area (Å²) in [6.45, 7) is 0. The van der Waals surface area contributed by atoms with Crippen molar-refractivity contribution >= 4 is 21.8 Å². The highest BCUT2D eigenvalue weighted by Gasteiger charge is 2.13. The van der Waals surface area contributed by atoms with E-state index in [1.54, 1.807) is 18.3 Å². The highest BCUT2D eigenvalue weighted by atomic mass is 79.9. The van der Waals surface area contributed by atoms with E-state index in [2.05, 4.69) is 38.4 Å². The molecule has 1 heterocycles. The summed E-state index contributed by atoms with van der Waals surface area (Å²) in [7, 11) is 0. The van der Waals surface area contributed by atoms with E-state index in [1.165, 1.54) is 5.56 Å². The molecule has 4 heteroatoms. The Kier molecular flexibility index (Phi) is 5.10. The maximum atomic E-state index is 12.0. The summed E-state index contributed by atoms with van der Waals surface area (Å²) in [6.07, 6.45) is 2.42. The summed E-state index contributed by atoms with van der Waals surface area (Å²) in [5.41, 5.74) is 1.65. The van der Waals surface area contributed by atoms with Crippen LogP contribution in [0.15, 0.2) is 54.7 Å². The number of nitrogens with zero attached hydrogens (tertiary/aromatic N) is 1. The maximum Gasteiger partial charge on any atom is 0.270 e. The molecule has 1 unspecified atom stereocenters. The summed E-state index contributed by atoms with van der Waals surface area (Å²) >= 11 is 3.44. The number of aromatic nitrogens is 1. The molecule has 2 aromatic rings. The number of benzene rings is 1. The lowest BCUT2D eigenvalue weighted by Gasteiger charge is -2.16. The van der Waals surface area contributed by atoms with Gasteiger partial charge in [0.25, 0.3) is 5.91 Å². The van der Waals surface area contributed by atoms with Crippen LogP contribution in [0.4, 0.5) is 0 Å². The van der Waals surface area contributed by atoms with Gasteiger partial charge in [0.05, 0.1) is 0 Å². The van der Waals surface area contributed by atoms with Gasteiger partial charge in [0, 0.05) is 17.6 Å². The Hall–Kier alpha value is -1.68. The fourth-order valence-electron chi connectivity index (χ4n) is 1.80. The van der Waals surface area contributed by atoms with E-state index in [4.69, 9.17) is 0 Å². The summed E-state index contributed by atoms with van der Waals surface area (Å²) in [4.78, 5) is 16.1. The first-order valence-corrected chi connectivity index (χ1v) is 7.23. The number of hydrogen-bond donors (Lipinski definition) is 1. The van der Waals surface area contributed by atoms with E-state index in [9.17, 15) is 4.79 Å². The van der Waals surface area contributed by atoms with E-state index in [0.717, 1.165) is 6.42 Å². The minimum Gasteiger partial charge on any atom is -0.347 e. The fourth-order valence-corrected chi connectivity index (χ4v) is 2.19. The van der Waals surface area contributed by atoms with Crippen molar-refractivity contribution in [3.8, 4) is 0 Å². The molecule has 1 atom stereocenters. The molecule has 0 spiro atoms. The minimum atomic E-state index is -0.138. The summed E-state index contributed by atoms with van der Waals surface area (Å²) < 4.78 is 0. The van der Waals surface area contributed by atoms with Crippen LogP contribution in [0.25, 0.3) is 0 Å². The second kappa shape index (κ2) is 7.04. The van der Waals surface area contributed by atoms with Crippen LogP contribution >= 0.6 is 15.9 Å². The molecule has 0 bridgehead atoms. The van der Waals surface area contributed by atoms with Gasteiger partial charge < -0.3 is 5.32 Å². The highest BCUT2D eigenvalue weighted by molar-refractivity contribution is 9.09. The second-order valence-corrected chi connectivity index (χ2v) is 4.88. The number of carbonyl (C=O) groups excluding carboxylic acids is 1. The Labute approximate surface area is 121 Å². The standard InChI is InChI=1S/C15H15BrN2O/c16-11-13(10-12-6-2-1-3-7-12)18-15(19)14-8-4-5-9-17-14/h1-9,13H,10-11H2,(H,18,19). The molecule has 2 rings (SSSR count). The van der Waals surface area contributed by atoms with Crippen molar-refractivity contribution in [2.24, 2.45) is 0 Å². The van der Waals surface area contributed by atoms with Gasteiger partial charge >= 0.3 is 0 Å². The zero-order chi connectivity index (χ0) is 13.5. The van der Waals surface area contributed by atoms with Gasteiger partial charge in [-0.3, -0.25) is 9.78 Å². The number of halogens is 1. The van der Waals surface area contributed by atoms with Crippen molar-refractivity contribution in [1.82, 2.24) is 10.3 Å². The lowest BCUT2D eigenvalue weighted by atomic mass is 10.1. The first kappa shape index (κ1) is 13.7. The van der Waals surface area contributed by atoms with Crippen molar-refractivity contribution < 1.29 is 4.79 Å². The molecule has 0 fully saturated rings. The molecule has 98 valence electrons. The zero-order valence-corrected chi connectivity index (χ0v) is 12.0. The Balaban J connectivity index is 1.98. The first-order valence-electron chi connectivity index (χ1n) is 6.11. The quantitative estimate of drug-likeness (QED) is 0.861. The number of rotatable bonds is 5. The van der Waals surface area contributed by atoms with Gasteiger partial charge in [0.2, 0.25) is 0 Å². The van der Waals surface area contributed by atoms with Crippen molar-refractivity contribution in [2.75, 3.05) is 5.33 Å². The van der Waals surface area contributed by atoms with Crippen molar-refractivity contribution in [3.63, 3.8) is 0 Å². The Morgan fingerprint density at radius 2 is 1.89 bits per heavy atom. The Morgan fingerprint density at radius 3 is 2.53 bits per heavy atom. The molecule has 1 amide bonds. The third-order valence-corrected chi connectivity index (χ3v) is 3.53. The second-order valence-electron chi connectivity index (χ2n) is 4.23. The lowest BCUT2D eigenvalue weighted by Crippen LogP contribution is -2.38.